The van der Waals surface area contributed by atoms with E-state index in [1.54, 1.807) is 0 Å². The Balaban J connectivity index is 2.15. The summed E-state index contributed by atoms with van der Waals surface area (Å²) in [4.78, 5) is 4.65. The van der Waals surface area contributed by atoms with Gasteiger partial charge in [-0.3, -0.25) is 4.99 Å². The number of aliphatic imine (C=N–C) groups is 1. The number of rotatable bonds is 2. The van der Waals surface area contributed by atoms with Gasteiger partial charge < -0.3 is 0 Å². The van der Waals surface area contributed by atoms with Gasteiger partial charge in [-0.2, -0.15) is 0 Å². The standard InChI is InChI=1S/C22H17N/c1-23-22(16-9-3-2-4-10-16)21-19-13-7-5-11-17(19)15-18-12-6-8-14-20(18)21/h2-15H,1H3. The molecule has 1 heteroatoms. The van der Waals surface area contributed by atoms with Crippen LogP contribution in [0.25, 0.3) is 21.5 Å². The number of hydrogen-bond donors (Lipinski definition) is 0. The van der Waals surface area contributed by atoms with E-state index in [0.29, 0.717) is 0 Å². The van der Waals surface area contributed by atoms with Crippen molar-refractivity contribution in [2.24, 2.45) is 4.99 Å². The third-order valence-electron chi connectivity index (χ3n) is 4.28. The fourth-order valence-electron chi connectivity index (χ4n) is 3.25. The van der Waals surface area contributed by atoms with Crippen LogP contribution in [0, 0.1) is 0 Å². The van der Waals surface area contributed by atoms with Gasteiger partial charge in [0.1, 0.15) is 0 Å². The minimum Gasteiger partial charge on any atom is -0.287 e. The molecule has 0 N–H and O–H groups in total. The Morgan fingerprint density at radius 2 is 1.17 bits per heavy atom. The summed E-state index contributed by atoms with van der Waals surface area (Å²) in [5, 5.41) is 4.99. The molecule has 0 atom stereocenters. The van der Waals surface area contributed by atoms with Crippen LogP contribution in [0.15, 0.2) is 89.9 Å². The molecule has 23 heavy (non-hydrogen) atoms. The van der Waals surface area contributed by atoms with Gasteiger partial charge in [0.05, 0.1) is 5.71 Å². The molecule has 0 unspecified atom stereocenters. The Bertz CT molecular complexity index is 960. The summed E-state index contributed by atoms with van der Waals surface area (Å²) < 4.78 is 0. The van der Waals surface area contributed by atoms with Crippen LogP contribution in [0.3, 0.4) is 0 Å². The first kappa shape index (κ1) is 13.7. The van der Waals surface area contributed by atoms with Crippen molar-refractivity contribution in [1.82, 2.24) is 0 Å². The summed E-state index contributed by atoms with van der Waals surface area (Å²) in [6.07, 6.45) is 0. The van der Waals surface area contributed by atoms with E-state index in [9.17, 15) is 0 Å². The van der Waals surface area contributed by atoms with Crippen molar-refractivity contribution in [3.8, 4) is 0 Å². The molecule has 0 radical (unpaired) electrons. The fourth-order valence-corrected chi connectivity index (χ4v) is 3.25. The highest BCUT2D eigenvalue weighted by Crippen LogP contribution is 2.30. The minimum absolute atomic E-state index is 1.04. The lowest BCUT2D eigenvalue weighted by atomic mass is 9.91. The molecule has 4 rings (SSSR count). The van der Waals surface area contributed by atoms with Crippen LogP contribution in [-0.2, 0) is 0 Å². The van der Waals surface area contributed by atoms with Crippen molar-refractivity contribution in [1.29, 1.82) is 0 Å². The second kappa shape index (κ2) is 5.69. The van der Waals surface area contributed by atoms with Crippen LogP contribution < -0.4 is 0 Å². The first-order valence-corrected chi connectivity index (χ1v) is 7.81. The zero-order chi connectivity index (χ0) is 15.6. The van der Waals surface area contributed by atoms with Crippen LogP contribution in [0.4, 0.5) is 0 Å². The summed E-state index contributed by atoms with van der Waals surface area (Å²) in [7, 11) is 1.87. The molecule has 1 nitrogen and oxygen atoms in total. The highest BCUT2D eigenvalue weighted by molar-refractivity contribution is 6.26. The van der Waals surface area contributed by atoms with Gasteiger partial charge in [-0.25, -0.2) is 0 Å². The molecule has 0 aliphatic rings. The monoisotopic (exact) mass is 295 g/mol. The number of benzene rings is 4. The maximum absolute atomic E-state index is 4.65. The van der Waals surface area contributed by atoms with Gasteiger partial charge in [0.25, 0.3) is 0 Å². The summed E-state index contributed by atoms with van der Waals surface area (Å²) in [5.74, 6) is 0. The number of hydrogen-bond acceptors (Lipinski definition) is 1. The van der Waals surface area contributed by atoms with E-state index in [-0.39, 0.29) is 0 Å². The van der Waals surface area contributed by atoms with Gasteiger partial charge in [-0.1, -0.05) is 78.9 Å². The number of fused-ring (bicyclic) bond motifs is 2. The van der Waals surface area contributed by atoms with Crippen LogP contribution in [0.5, 0.6) is 0 Å². The van der Waals surface area contributed by atoms with E-state index in [2.05, 4.69) is 83.9 Å². The van der Waals surface area contributed by atoms with Gasteiger partial charge >= 0.3 is 0 Å². The molecule has 4 aromatic carbocycles. The minimum atomic E-state index is 1.04. The quantitative estimate of drug-likeness (QED) is 0.344. The van der Waals surface area contributed by atoms with Crippen molar-refractivity contribution < 1.29 is 0 Å². The molecule has 0 saturated carbocycles. The lowest BCUT2D eigenvalue weighted by Gasteiger charge is -2.14. The third kappa shape index (κ3) is 2.31. The van der Waals surface area contributed by atoms with Crippen LogP contribution in [0.2, 0.25) is 0 Å². The summed E-state index contributed by atoms with van der Waals surface area (Å²) >= 11 is 0. The molecule has 0 fully saturated rings. The third-order valence-corrected chi connectivity index (χ3v) is 4.28. The molecule has 0 amide bonds. The molecule has 0 saturated heterocycles. The van der Waals surface area contributed by atoms with Crippen molar-refractivity contribution in [2.45, 2.75) is 0 Å². The Kier molecular flexibility index (Phi) is 3.39. The SMILES string of the molecule is CN=C(c1ccccc1)c1c2ccccc2cc2ccccc12. The largest absolute Gasteiger partial charge is 0.287 e. The molecule has 0 aliphatic carbocycles. The fraction of sp³-hybridized carbons (Fsp3) is 0.0455. The first-order valence-electron chi connectivity index (χ1n) is 7.81. The first-order chi connectivity index (χ1) is 11.4. The van der Waals surface area contributed by atoms with Gasteiger partial charge in [0.15, 0.2) is 0 Å². The Morgan fingerprint density at radius 3 is 1.74 bits per heavy atom. The second-order valence-corrected chi connectivity index (χ2v) is 5.63. The van der Waals surface area contributed by atoms with Gasteiger partial charge in [-0.05, 0) is 27.6 Å². The van der Waals surface area contributed by atoms with E-state index in [4.69, 9.17) is 0 Å². The average Bonchev–Trinajstić information content (AvgIpc) is 2.62. The van der Waals surface area contributed by atoms with Crippen molar-refractivity contribution in [3.05, 3.63) is 96.1 Å². The zero-order valence-corrected chi connectivity index (χ0v) is 13.0. The molecule has 110 valence electrons. The molecule has 0 aromatic heterocycles. The van der Waals surface area contributed by atoms with Crippen LogP contribution in [0.1, 0.15) is 11.1 Å². The molecule has 0 heterocycles. The zero-order valence-electron chi connectivity index (χ0n) is 13.0. The maximum atomic E-state index is 4.65. The van der Waals surface area contributed by atoms with Crippen LogP contribution in [-0.4, -0.2) is 12.8 Å². The van der Waals surface area contributed by atoms with Gasteiger partial charge in [0.2, 0.25) is 0 Å². The molecule has 4 aromatic rings. The van der Waals surface area contributed by atoms with E-state index >= 15 is 0 Å². The Hall–Kier alpha value is -2.93. The lowest BCUT2D eigenvalue weighted by molar-refractivity contribution is 1.43. The van der Waals surface area contributed by atoms with Crippen molar-refractivity contribution in [3.63, 3.8) is 0 Å². The molecule has 0 spiro atoms. The highest BCUT2D eigenvalue weighted by atomic mass is 14.7. The second-order valence-electron chi connectivity index (χ2n) is 5.63. The van der Waals surface area contributed by atoms with Gasteiger partial charge in [0, 0.05) is 18.2 Å². The average molecular weight is 295 g/mol. The summed E-state index contributed by atoms with van der Waals surface area (Å²) in [6.45, 7) is 0. The molecule has 0 aliphatic heterocycles. The van der Waals surface area contributed by atoms with E-state index in [0.717, 1.165) is 11.3 Å². The highest BCUT2D eigenvalue weighted by Gasteiger charge is 2.14. The normalized spacial score (nSPS) is 12.0. The van der Waals surface area contributed by atoms with E-state index in [1.165, 1.54) is 27.1 Å². The predicted molar refractivity (Wildman–Crippen MR) is 99.5 cm³/mol. The molecular formula is C22H17N. The maximum Gasteiger partial charge on any atom is 0.0727 e. The number of nitrogens with zero attached hydrogens (tertiary/aromatic N) is 1. The summed E-state index contributed by atoms with van der Waals surface area (Å²) in [5.41, 5.74) is 3.41. The van der Waals surface area contributed by atoms with E-state index in [1.807, 2.05) is 13.1 Å². The van der Waals surface area contributed by atoms with Crippen molar-refractivity contribution in [2.75, 3.05) is 7.05 Å². The predicted octanol–water partition coefficient (Wildman–Crippen LogP) is 5.46. The smallest absolute Gasteiger partial charge is 0.0727 e. The van der Waals surface area contributed by atoms with Gasteiger partial charge in [-0.15, -0.1) is 0 Å². The van der Waals surface area contributed by atoms with Crippen LogP contribution >= 0.6 is 0 Å². The lowest BCUT2D eigenvalue weighted by Crippen LogP contribution is -2.05. The van der Waals surface area contributed by atoms with E-state index < -0.39 is 0 Å². The molecular weight excluding hydrogens is 278 g/mol. The molecule has 0 bridgehead atoms. The topological polar surface area (TPSA) is 12.4 Å². The summed E-state index contributed by atoms with van der Waals surface area (Å²) in [6, 6.07) is 29.8. The Morgan fingerprint density at radius 1 is 0.652 bits per heavy atom. The Labute approximate surface area is 135 Å². The van der Waals surface area contributed by atoms with Crippen molar-refractivity contribution >= 4 is 27.3 Å².